The van der Waals surface area contributed by atoms with Gasteiger partial charge in [0.25, 0.3) is 11.8 Å². The Morgan fingerprint density at radius 2 is 1.68 bits per heavy atom. The van der Waals surface area contributed by atoms with Crippen molar-refractivity contribution in [1.29, 1.82) is 0 Å². The molecule has 110 valence electrons. The Labute approximate surface area is 133 Å². The maximum Gasteiger partial charge on any atom is 0.262 e. The number of fused-ring (bicyclic) bond motifs is 1. The summed E-state index contributed by atoms with van der Waals surface area (Å²) in [6, 6.07) is 13.7. The van der Waals surface area contributed by atoms with Gasteiger partial charge in [0.05, 0.1) is 17.2 Å². The van der Waals surface area contributed by atoms with Gasteiger partial charge in [-0.05, 0) is 36.2 Å². The van der Waals surface area contributed by atoms with E-state index in [-0.39, 0.29) is 11.8 Å². The Hall–Kier alpha value is -2.39. The van der Waals surface area contributed by atoms with Gasteiger partial charge in [0.2, 0.25) is 0 Å². The fraction of sp³-hybridized carbons (Fsp3) is 0.111. The second kappa shape index (κ2) is 5.78. The number of carbonyl (C=O) groups excluding carboxylic acids is 2. The normalized spacial score (nSPS) is 14.9. The van der Waals surface area contributed by atoms with Crippen LogP contribution in [0.2, 0.25) is 5.02 Å². The Bertz CT molecular complexity index is 734. The highest BCUT2D eigenvalue weighted by Crippen LogP contribution is 2.34. The first-order valence-corrected chi connectivity index (χ1v) is 7.34. The lowest BCUT2D eigenvalue weighted by Crippen LogP contribution is -2.33. The molecule has 0 radical (unpaired) electrons. The molecule has 2 aromatic rings. The molecule has 22 heavy (non-hydrogen) atoms. The van der Waals surface area contributed by atoms with Crippen LogP contribution in [0, 0.1) is 0 Å². The summed E-state index contributed by atoms with van der Waals surface area (Å²) in [5.41, 5.74) is 1.72. The average Bonchev–Trinajstić information content (AvgIpc) is 2.77. The predicted molar refractivity (Wildman–Crippen MR) is 85.9 cm³/mol. The first-order chi connectivity index (χ1) is 10.6. The van der Waals surface area contributed by atoms with E-state index in [2.05, 4.69) is 6.58 Å². The molecule has 0 fully saturated rings. The molecule has 2 aromatic carbocycles. The number of imide groups is 1. The van der Waals surface area contributed by atoms with E-state index in [1.807, 2.05) is 12.1 Å². The van der Waals surface area contributed by atoms with Gasteiger partial charge in [-0.25, -0.2) is 0 Å². The van der Waals surface area contributed by atoms with Crippen LogP contribution in [0.4, 0.5) is 0 Å². The number of hydrogen-bond acceptors (Lipinski definition) is 2. The van der Waals surface area contributed by atoms with Crippen LogP contribution in [0.25, 0.3) is 0 Å². The van der Waals surface area contributed by atoms with Gasteiger partial charge >= 0.3 is 0 Å². The van der Waals surface area contributed by atoms with E-state index in [4.69, 9.17) is 11.6 Å². The summed E-state index contributed by atoms with van der Waals surface area (Å²) in [5, 5.41) is 0.572. The summed E-state index contributed by atoms with van der Waals surface area (Å²) in [6.45, 7) is 3.74. The summed E-state index contributed by atoms with van der Waals surface area (Å²) in [6.07, 6.45) is 2.18. The van der Waals surface area contributed by atoms with Crippen molar-refractivity contribution in [2.45, 2.75) is 12.5 Å². The Kier molecular flexibility index (Phi) is 3.82. The van der Waals surface area contributed by atoms with Crippen molar-refractivity contribution in [2.24, 2.45) is 0 Å². The maximum atomic E-state index is 12.6. The summed E-state index contributed by atoms with van der Waals surface area (Å²) < 4.78 is 0. The fourth-order valence-corrected chi connectivity index (χ4v) is 2.95. The lowest BCUT2D eigenvalue weighted by Gasteiger charge is -2.25. The molecule has 3 nitrogen and oxygen atoms in total. The number of benzene rings is 2. The van der Waals surface area contributed by atoms with Crippen LogP contribution >= 0.6 is 11.6 Å². The third kappa shape index (κ3) is 2.34. The molecule has 0 spiro atoms. The van der Waals surface area contributed by atoms with Crippen LogP contribution in [-0.2, 0) is 0 Å². The number of hydrogen-bond donors (Lipinski definition) is 0. The minimum absolute atomic E-state index is 0.271. The molecule has 0 bridgehead atoms. The minimum Gasteiger partial charge on any atom is -0.269 e. The van der Waals surface area contributed by atoms with E-state index in [1.165, 1.54) is 4.90 Å². The summed E-state index contributed by atoms with van der Waals surface area (Å²) >= 11 is 6.04. The number of carbonyl (C=O) groups is 2. The second-order valence-corrected chi connectivity index (χ2v) is 5.56. The molecule has 1 aliphatic rings. The summed E-state index contributed by atoms with van der Waals surface area (Å²) in [7, 11) is 0. The molecule has 0 saturated heterocycles. The highest BCUT2D eigenvalue weighted by atomic mass is 35.5. The van der Waals surface area contributed by atoms with Crippen molar-refractivity contribution < 1.29 is 9.59 Å². The summed E-state index contributed by atoms with van der Waals surface area (Å²) in [5.74, 6) is -0.542. The van der Waals surface area contributed by atoms with Crippen LogP contribution in [-0.4, -0.2) is 16.7 Å². The highest BCUT2D eigenvalue weighted by molar-refractivity contribution is 6.30. The third-order valence-electron chi connectivity index (χ3n) is 3.76. The smallest absolute Gasteiger partial charge is 0.262 e. The molecule has 0 saturated carbocycles. The van der Waals surface area contributed by atoms with Crippen molar-refractivity contribution in [3.05, 3.63) is 82.9 Å². The topological polar surface area (TPSA) is 37.4 Å². The van der Waals surface area contributed by atoms with Crippen molar-refractivity contribution >= 4 is 23.4 Å². The van der Waals surface area contributed by atoms with Gasteiger partial charge in [0, 0.05) is 5.02 Å². The SMILES string of the molecule is C=CCC(c1cccc(Cl)c1)N1C(=O)c2ccccc2C1=O. The Balaban J connectivity index is 2.06. The van der Waals surface area contributed by atoms with Gasteiger partial charge in [0.1, 0.15) is 0 Å². The van der Waals surface area contributed by atoms with E-state index in [0.29, 0.717) is 22.6 Å². The van der Waals surface area contributed by atoms with E-state index >= 15 is 0 Å². The number of nitrogens with zero attached hydrogens (tertiary/aromatic N) is 1. The van der Waals surface area contributed by atoms with E-state index in [9.17, 15) is 9.59 Å². The molecule has 1 unspecified atom stereocenters. The van der Waals surface area contributed by atoms with Crippen LogP contribution in [0.5, 0.6) is 0 Å². The minimum atomic E-state index is -0.399. The third-order valence-corrected chi connectivity index (χ3v) is 4.00. The van der Waals surface area contributed by atoms with E-state index < -0.39 is 6.04 Å². The zero-order valence-corrected chi connectivity index (χ0v) is 12.6. The van der Waals surface area contributed by atoms with Gasteiger partial charge < -0.3 is 0 Å². The van der Waals surface area contributed by atoms with Gasteiger partial charge in [-0.3, -0.25) is 14.5 Å². The molecule has 0 aliphatic carbocycles. The van der Waals surface area contributed by atoms with Crippen LogP contribution in [0.3, 0.4) is 0 Å². The van der Waals surface area contributed by atoms with Crippen molar-refractivity contribution in [3.8, 4) is 0 Å². The van der Waals surface area contributed by atoms with Crippen LogP contribution in [0.1, 0.15) is 38.7 Å². The molecule has 0 aromatic heterocycles. The molecule has 2 amide bonds. The van der Waals surface area contributed by atoms with Crippen LogP contribution in [0.15, 0.2) is 61.2 Å². The number of halogens is 1. The lowest BCUT2D eigenvalue weighted by molar-refractivity contribution is 0.0583. The second-order valence-electron chi connectivity index (χ2n) is 5.12. The number of amides is 2. The Morgan fingerprint density at radius 3 is 2.23 bits per heavy atom. The van der Waals surface area contributed by atoms with Gasteiger partial charge in [-0.2, -0.15) is 0 Å². The van der Waals surface area contributed by atoms with E-state index in [1.54, 1.807) is 42.5 Å². The van der Waals surface area contributed by atoms with Crippen LogP contribution < -0.4 is 0 Å². The highest BCUT2D eigenvalue weighted by Gasteiger charge is 2.39. The zero-order valence-electron chi connectivity index (χ0n) is 11.8. The summed E-state index contributed by atoms with van der Waals surface area (Å²) in [4.78, 5) is 26.5. The molecule has 3 rings (SSSR count). The monoisotopic (exact) mass is 311 g/mol. The van der Waals surface area contributed by atoms with Gasteiger partial charge in [0.15, 0.2) is 0 Å². The molecular weight excluding hydrogens is 298 g/mol. The quantitative estimate of drug-likeness (QED) is 0.625. The number of rotatable bonds is 4. The molecular formula is C18H14ClNO2. The standard InChI is InChI=1S/C18H14ClNO2/c1-2-6-16(12-7-5-8-13(19)11-12)20-17(21)14-9-3-4-10-15(14)18(20)22/h2-5,7-11,16H,1,6H2. The van der Waals surface area contributed by atoms with Crippen molar-refractivity contribution in [3.63, 3.8) is 0 Å². The van der Waals surface area contributed by atoms with Crippen molar-refractivity contribution in [1.82, 2.24) is 4.90 Å². The van der Waals surface area contributed by atoms with Crippen molar-refractivity contribution in [2.75, 3.05) is 0 Å². The van der Waals surface area contributed by atoms with Gasteiger partial charge in [-0.1, -0.05) is 41.9 Å². The largest absolute Gasteiger partial charge is 0.269 e. The molecule has 0 N–H and O–H groups in total. The maximum absolute atomic E-state index is 12.6. The van der Waals surface area contributed by atoms with E-state index in [0.717, 1.165) is 5.56 Å². The zero-order chi connectivity index (χ0) is 15.7. The fourth-order valence-electron chi connectivity index (χ4n) is 2.75. The lowest BCUT2D eigenvalue weighted by atomic mass is 10.0. The van der Waals surface area contributed by atoms with Gasteiger partial charge in [-0.15, -0.1) is 6.58 Å². The molecule has 1 atom stereocenters. The first kappa shape index (κ1) is 14.5. The first-order valence-electron chi connectivity index (χ1n) is 6.96. The molecule has 1 aliphatic heterocycles. The molecule has 4 heteroatoms. The average molecular weight is 312 g/mol. The predicted octanol–water partition coefficient (Wildman–Crippen LogP) is 4.25. The molecule has 1 heterocycles. The Morgan fingerprint density at radius 1 is 1.05 bits per heavy atom.